The Morgan fingerprint density at radius 2 is 1.74 bits per heavy atom. The number of hydrogen-bond acceptors (Lipinski definition) is 2. The topological polar surface area (TPSA) is 49.4 Å². The predicted octanol–water partition coefficient (Wildman–Crippen LogP) is 3.64. The Labute approximate surface area is 141 Å². The summed E-state index contributed by atoms with van der Waals surface area (Å²) in [7, 11) is 0. The Morgan fingerprint density at radius 3 is 2.35 bits per heavy atom. The second kappa shape index (κ2) is 7.79. The summed E-state index contributed by atoms with van der Waals surface area (Å²) in [5.41, 5.74) is 2.78. The molecule has 120 valence electrons. The number of rotatable bonds is 5. The van der Waals surface area contributed by atoms with Crippen LogP contribution in [0.4, 0.5) is 5.69 Å². The quantitative estimate of drug-likeness (QED) is 0.910. The maximum absolute atomic E-state index is 12.1. The van der Waals surface area contributed by atoms with E-state index in [1.54, 1.807) is 24.3 Å². The highest BCUT2D eigenvalue weighted by Gasteiger charge is 2.15. The fraction of sp³-hybridized carbons (Fsp3) is 0.222. The Kier molecular flexibility index (Phi) is 5.77. The van der Waals surface area contributed by atoms with E-state index in [2.05, 4.69) is 5.32 Å². The first kappa shape index (κ1) is 17.0. The van der Waals surface area contributed by atoms with Crippen LogP contribution in [-0.4, -0.2) is 23.3 Å². The third-order valence-corrected chi connectivity index (χ3v) is 3.78. The van der Waals surface area contributed by atoms with Crippen LogP contribution in [0.25, 0.3) is 0 Å². The van der Waals surface area contributed by atoms with Crippen molar-refractivity contribution < 1.29 is 9.59 Å². The van der Waals surface area contributed by atoms with E-state index in [1.165, 1.54) is 11.8 Å². The molecule has 2 aromatic carbocycles. The van der Waals surface area contributed by atoms with E-state index < -0.39 is 0 Å². The van der Waals surface area contributed by atoms with Gasteiger partial charge in [0.15, 0.2) is 0 Å². The third-order valence-electron chi connectivity index (χ3n) is 3.53. The average molecular weight is 331 g/mol. The molecule has 0 atom stereocenters. The van der Waals surface area contributed by atoms with Gasteiger partial charge in [-0.2, -0.15) is 0 Å². The highest BCUT2D eigenvalue weighted by Crippen LogP contribution is 2.14. The molecular formula is C18H19ClN2O2. The summed E-state index contributed by atoms with van der Waals surface area (Å²) in [4.78, 5) is 25.5. The van der Waals surface area contributed by atoms with Gasteiger partial charge in [-0.05, 0) is 42.3 Å². The van der Waals surface area contributed by atoms with Crippen molar-refractivity contribution in [2.75, 3.05) is 11.9 Å². The molecule has 0 heterocycles. The van der Waals surface area contributed by atoms with Gasteiger partial charge in [-0.3, -0.25) is 9.59 Å². The molecule has 2 amide bonds. The molecule has 0 aliphatic heterocycles. The predicted molar refractivity (Wildman–Crippen MR) is 92.4 cm³/mol. The second-order valence-electron chi connectivity index (χ2n) is 5.36. The first-order valence-electron chi connectivity index (χ1n) is 7.31. The van der Waals surface area contributed by atoms with E-state index in [9.17, 15) is 9.59 Å². The van der Waals surface area contributed by atoms with E-state index in [4.69, 9.17) is 11.6 Å². The number of carbonyl (C=O) groups is 2. The molecule has 0 fully saturated rings. The lowest BCUT2D eigenvalue weighted by Crippen LogP contribution is -2.36. The van der Waals surface area contributed by atoms with Crippen molar-refractivity contribution in [1.82, 2.24) is 4.90 Å². The summed E-state index contributed by atoms with van der Waals surface area (Å²) in [6.45, 7) is 3.87. The molecular weight excluding hydrogens is 312 g/mol. The molecule has 2 aromatic rings. The van der Waals surface area contributed by atoms with E-state index in [0.717, 1.165) is 11.1 Å². The summed E-state index contributed by atoms with van der Waals surface area (Å²) in [6, 6.07) is 14.7. The van der Waals surface area contributed by atoms with Gasteiger partial charge >= 0.3 is 0 Å². The van der Waals surface area contributed by atoms with Gasteiger partial charge in [0.2, 0.25) is 11.8 Å². The summed E-state index contributed by atoms with van der Waals surface area (Å²) < 4.78 is 0. The highest BCUT2D eigenvalue weighted by atomic mass is 35.5. The minimum Gasteiger partial charge on any atom is -0.329 e. The zero-order valence-electron chi connectivity index (χ0n) is 13.2. The minimum atomic E-state index is -0.240. The number of nitrogens with one attached hydrogen (secondary N) is 1. The zero-order chi connectivity index (χ0) is 16.8. The molecule has 0 aliphatic carbocycles. The Hall–Kier alpha value is -2.33. The SMILES string of the molecule is CC(=O)N(CC(=O)Nc1ccc(Cl)cc1)Cc1ccccc1C. The largest absolute Gasteiger partial charge is 0.329 e. The van der Waals surface area contributed by atoms with Crippen LogP contribution in [-0.2, 0) is 16.1 Å². The monoisotopic (exact) mass is 330 g/mol. The van der Waals surface area contributed by atoms with Crippen LogP contribution in [0.2, 0.25) is 5.02 Å². The van der Waals surface area contributed by atoms with Crippen molar-refractivity contribution in [3.63, 3.8) is 0 Å². The normalized spacial score (nSPS) is 10.2. The Morgan fingerprint density at radius 1 is 1.09 bits per heavy atom. The summed E-state index contributed by atoms with van der Waals surface area (Å²) >= 11 is 5.81. The number of aryl methyl sites for hydroxylation is 1. The van der Waals surface area contributed by atoms with E-state index in [1.807, 2.05) is 31.2 Å². The van der Waals surface area contributed by atoms with E-state index in [-0.39, 0.29) is 18.4 Å². The van der Waals surface area contributed by atoms with Gasteiger partial charge in [-0.1, -0.05) is 35.9 Å². The van der Waals surface area contributed by atoms with Crippen molar-refractivity contribution in [2.45, 2.75) is 20.4 Å². The fourth-order valence-electron chi connectivity index (χ4n) is 2.18. The first-order chi connectivity index (χ1) is 11.0. The lowest BCUT2D eigenvalue weighted by Gasteiger charge is -2.21. The van der Waals surface area contributed by atoms with Gasteiger partial charge in [0.25, 0.3) is 0 Å². The van der Waals surface area contributed by atoms with Crippen LogP contribution in [0.1, 0.15) is 18.1 Å². The maximum atomic E-state index is 12.1. The lowest BCUT2D eigenvalue weighted by atomic mass is 10.1. The Balaban J connectivity index is 2.01. The first-order valence-corrected chi connectivity index (χ1v) is 7.69. The summed E-state index contributed by atoms with van der Waals surface area (Å²) in [5, 5.41) is 3.37. The lowest BCUT2D eigenvalue weighted by molar-refractivity contribution is -0.133. The number of anilines is 1. The fourth-order valence-corrected chi connectivity index (χ4v) is 2.30. The molecule has 0 saturated heterocycles. The summed E-state index contributed by atoms with van der Waals surface area (Å²) in [6.07, 6.45) is 0. The molecule has 2 rings (SSSR count). The molecule has 0 bridgehead atoms. The molecule has 4 nitrogen and oxygen atoms in total. The van der Waals surface area contributed by atoms with Gasteiger partial charge in [0.05, 0.1) is 0 Å². The van der Waals surface area contributed by atoms with Crippen molar-refractivity contribution in [1.29, 1.82) is 0 Å². The van der Waals surface area contributed by atoms with Crippen LogP contribution in [0.5, 0.6) is 0 Å². The van der Waals surface area contributed by atoms with Crippen molar-refractivity contribution in [2.24, 2.45) is 0 Å². The summed E-state index contributed by atoms with van der Waals surface area (Å²) in [5.74, 6) is -0.379. The second-order valence-corrected chi connectivity index (χ2v) is 5.79. The molecule has 5 heteroatoms. The molecule has 1 N–H and O–H groups in total. The van der Waals surface area contributed by atoms with Crippen molar-refractivity contribution >= 4 is 29.1 Å². The minimum absolute atomic E-state index is 0.00624. The number of hydrogen-bond donors (Lipinski definition) is 1. The van der Waals surface area contributed by atoms with Crippen LogP contribution >= 0.6 is 11.6 Å². The van der Waals surface area contributed by atoms with Gasteiger partial charge in [0.1, 0.15) is 6.54 Å². The van der Waals surface area contributed by atoms with Gasteiger partial charge in [-0.15, -0.1) is 0 Å². The average Bonchev–Trinajstić information content (AvgIpc) is 2.51. The van der Waals surface area contributed by atoms with Crippen LogP contribution in [0.3, 0.4) is 0 Å². The molecule has 0 aromatic heterocycles. The highest BCUT2D eigenvalue weighted by molar-refractivity contribution is 6.30. The van der Waals surface area contributed by atoms with Gasteiger partial charge in [-0.25, -0.2) is 0 Å². The van der Waals surface area contributed by atoms with E-state index >= 15 is 0 Å². The molecule has 0 spiro atoms. The number of carbonyl (C=O) groups excluding carboxylic acids is 2. The van der Waals surface area contributed by atoms with Gasteiger partial charge in [0, 0.05) is 24.2 Å². The van der Waals surface area contributed by atoms with Crippen LogP contribution < -0.4 is 5.32 Å². The number of benzene rings is 2. The van der Waals surface area contributed by atoms with Crippen molar-refractivity contribution in [3.8, 4) is 0 Å². The van der Waals surface area contributed by atoms with E-state index in [0.29, 0.717) is 17.3 Å². The third kappa shape index (κ3) is 5.11. The van der Waals surface area contributed by atoms with Crippen LogP contribution in [0.15, 0.2) is 48.5 Å². The molecule has 0 saturated carbocycles. The number of nitrogens with zero attached hydrogens (tertiary/aromatic N) is 1. The number of amides is 2. The van der Waals surface area contributed by atoms with Gasteiger partial charge < -0.3 is 10.2 Å². The molecule has 0 aliphatic rings. The number of halogens is 1. The molecule has 0 radical (unpaired) electrons. The standard InChI is InChI=1S/C18H19ClN2O2/c1-13-5-3-4-6-15(13)11-21(14(2)22)12-18(23)20-17-9-7-16(19)8-10-17/h3-10H,11-12H2,1-2H3,(H,20,23). The smallest absolute Gasteiger partial charge is 0.244 e. The van der Waals surface area contributed by atoms with Crippen LogP contribution in [0, 0.1) is 6.92 Å². The molecule has 0 unspecified atom stereocenters. The van der Waals surface area contributed by atoms with Crippen molar-refractivity contribution in [3.05, 3.63) is 64.7 Å². The molecule has 23 heavy (non-hydrogen) atoms. The maximum Gasteiger partial charge on any atom is 0.244 e. The Bertz CT molecular complexity index is 698. The zero-order valence-corrected chi connectivity index (χ0v) is 13.9.